The summed E-state index contributed by atoms with van der Waals surface area (Å²) in [5.41, 5.74) is 2.10. The van der Waals surface area contributed by atoms with Crippen molar-refractivity contribution in [2.24, 2.45) is 0 Å². The number of methoxy groups -OCH3 is 1. The lowest BCUT2D eigenvalue weighted by Crippen LogP contribution is -2.44. The maximum absolute atomic E-state index is 13.7. The fourth-order valence-corrected chi connectivity index (χ4v) is 7.74. The van der Waals surface area contributed by atoms with Crippen molar-refractivity contribution in [1.29, 1.82) is 0 Å². The van der Waals surface area contributed by atoms with Gasteiger partial charge in [0, 0.05) is 56.9 Å². The van der Waals surface area contributed by atoms with Crippen molar-refractivity contribution < 1.29 is 27.4 Å². The van der Waals surface area contributed by atoms with E-state index in [0.29, 0.717) is 43.2 Å². The van der Waals surface area contributed by atoms with E-state index in [4.69, 9.17) is 19.3 Å². The Balaban J connectivity index is 1.36. The van der Waals surface area contributed by atoms with Crippen LogP contribution < -0.4 is 4.74 Å². The van der Waals surface area contributed by atoms with Gasteiger partial charge in [-0.3, -0.25) is 19.3 Å². The van der Waals surface area contributed by atoms with Gasteiger partial charge < -0.3 is 19.1 Å². The van der Waals surface area contributed by atoms with Crippen LogP contribution in [0.1, 0.15) is 34.9 Å². The zero-order valence-electron chi connectivity index (χ0n) is 22.5. The van der Waals surface area contributed by atoms with Gasteiger partial charge in [-0.1, -0.05) is 0 Å². The Morgan fingerprint density at radius 1 is 1.03 bits per heavy atom. The lowest BCUT2D eigenvalue weighted by atomic mass is 10.0. The molecule has 1 unspecified atom stereocenters. The molecule has 5 heterocycles. The minimum absolute atomic E-state index is 0.0409. The molecule has 0 spiro atoms. The Bertz CT molecular complexity index is 1320. The zero-order chi connectivity index (χ0) is 27.0. The number of likely N-dealkylation sites (tertiary alicyclic amines) is 1. The first-order valence-electron chi connectivity index (χ1n) is 13.9. The summed E-state index contributed by atoms with van der Waals surface area (Å²) in [6.45, 7) is 9.16. The van der Waals surface area contributed by atoms with E-state index in [1.807, 2.05) is 4.68 Å². The third-order valence-corrected chi connectivity index (χ3v) is 9.96. The number of carbonyl (C=O) groups is 1. The van der Waals surface area contributed by atoms with Crippen molar-refractivity contribution in [2.45, 2.75) is 29.5 Å². The number of aromatic nitrogens is 2. The summed E-state index contributed by atoms with van der Waals surface area (Å²) < 4.78 is 45.2. The maximum atomic E-state index is 13.7. The van der Waals surface area contributed by atoms with Crippen LogP contribution in [0.2, 0.25) is 0 Å². The Labute approximate surface area is 229 Å². The fourth-order valence-electron chi connectivity index (χ4n) is 6.14. The summed E-state index contributed by atoms with van der Waals surface area (Å²) in [5, 5.41) is 4.92. The first-order valence-corrected chi connectivity index (χ1v) is 15.5. The quantitative estimate of drug-likeness (QED) is 0.518. The molecular weight excluding hydrogens is 522 g/mol. The standard InChI is InChI=1S/C27H37N5O6S/c1-36-21-4-5-22-24(17-21)39(34,35)19-23-25(27(33)31-11-15-38-16-12-31)28-32(26(22)23)20-3-2-6-30(18-20)8-7-29-9-13-37-14-10-29/h4-5,17,20H,2-3,6-16,18-19H2,1H3. The van der Waals surface area contributed by atoms with Crippen molar-refractivity contribution in [3.05, 3.63) is 29.5 Å². The molecule has 6 rings (SSSR count). The van der Waals surface area contributed by atoms with Gasteiger partial charge in [-0.25, -0.2) is 8.42 Å². The molecule has 39 heavy (non-hydrogen) atoms. The summed E-state index contributed by atoms with van der Waals surface area (Å²) >= 11 is 0. The summed E-state index contributed by atoms with van der Waals surface area (Å²) in [4.78, 5) is 20.6. The molecule has 212 valence electrons. The molecule has 0 N–H and O–H groups in total. The van der Waals surface area contributed by atoms with Crippen molar-refractivity contribution in [3.63, 3.8) is 0 Å². The van der Waals surface area contributed by atoms with Crippen LogP contribution >= 0.6 is 0 Å². The number of ether oxygens (including phenoxy) is 3. The number of hydrogen-bond donors (Lipinski definition) is 0. The Hall–Kier alpha value is -2.51. The summed E-state index contributed by atoms with van der Waals surface area (Å²) in [6.07, 6.45) is 1.94. The number of rotatable bonds is 6. The van der Waals surface area contributed by atoms with Gasteiger partial charge in [0.1, 0.15) is 5.75 Å². The highest BCUT2D eigenvalue weighted by Crippen LogP contribution is 2.43. The molecular formula is C27H37N5O6S. The largest absolute Gasteiger partial charge is 0.497 e. The Kier molecular flexibility index (Phi) is 7.64. The van der Waals surface area contributed by atoms with Crippen LogP contribution in [0.5, 0.6) is 5.75 Å². The number of carbonyl (C=O) groups excluding carboxylic acids is 1. The molecule has 0 bridgehead atoms. The van der Waals surface area contributed by atoms with E-state index in [0.717, 1.165) is 71.0 Å². The molecule has 12 heteroatoms. The number of nitrogens with zero attached hydrogens (tertiary/aromatic N) is 5. The maximum Gasteiger partial charge on any atom is 0.274 e. The van der Waals surface area contributed by atoms with E-state index in [-0.39, 0.29) is 28.3 Å². The molecule has 3 saturated heterocycles. The minimum atomic E-state index is -3.68. The van der Waals surface area contributed by atoms with Crippen molar-refractivity contribution >= 4 is 15.7 Å². The second-order valence-corrected chi connectivity index (χ2v) is 12.7. The molecule has 1 atom stereocenters. The lowest BCUT2D eigenvalue weighted by Gasteiger charge is -2.36. The van der Waals surface area contributed by atoms with Crippen LogP contribution in [0.25, 0.3) is 11.3 Å². The highest BCUT2D eigenvalue weighted by Gasteiger charge is 2.39. The first kappa shape index (κ1) is 26.7. The van der Waals surface area contributed by atoms with Crippen LogP contribution in [0.4, 0.5) is 0 Å². The van der Waals surface area contributed by atoms with Crippen LogP contribution in [0, 0.1) is 0 Å². The third kappa shape index (κ3) is 5.32. The van der Waals surface area contributed by atoms with E-state index in [1.165, 1.54) is 7.11 Å². The molecule has 1 aromatic heterocycles. The molecule has 1 amide bonds. The molecule has 2 aromatic rings. The van der Waals surface area contributed by atoms with Gasteiger partial charge in [0.25, 0.3) is 5.91 Å². The second kappa shape index (κ2) is 11.2. The van der Waals surface area contributed by atoms with E-state index >= 15 is 0 Å². The average Bonchev–Trinajstić information content (AvgIpc) is 3.35. The van der Waals surface area contributed by atoms with E-state index in [2.05, 4.69) is 9.80 Å². The monoisotopic (exact) mass is 559 g/mol. The lowest BCUT2D eigenvalue weighted by molar-refractivity contribution is 0.0294. The van der Waals surface area contributed by atoms with Gasteiger partial charge in [0.2, 0.25) is 0 Å². The Morgan fingerprint density at radius 3 is 2.49 bits per heavy atom. The summed E-state index contributed by atoms with van der Waals surface area (Å²) in [5.74, 6) is 0.0188. The number of benzene rings is 1. The van der Waals surface area contributed by atoms with Crippen LogP contribution in [-0.2, 0) is 25.1 Å². The van der Waals surface area contributed by atoms with Crippen LogP contribution in [0.3, 0.4) is 0 Å². The van der Waals surface area contributed by atoms with E-state index in [9.17, 15) is 13.2 Å². The summed E-state index contributed by atoms with van der Waals surface area (Å²) in [6, 6.07) is 5.20. The molecule has 4 aliphatic rings. The molecule has 0 saturated carbocycles. The van der Waals surface area contributed by atoms with Gasteiger partial charge in [-0.2, -0.15) is 5.10 Å². The molecule has 0 aliphatic carbocycles. The van der Waals surface area contributed by atoms with E-state index in [1.54, 1.807) is 23.1 Å². The third-order valence-electron chi connectivity index (χ3n) is 8.29. The number of piperidine rings is 1. The van der Waals surface area contributed by atoms with Crippen LogP contribution in [-0.4, -0.2) is 125 Å². The number of amides is 1. The highest BCUT2D eigenvalue weighted by molar-refractivity contribution is 7.90. The normalized spacial score (nSPS) is 23.7. The zero-order valence-corrected chi connectivity index (χ0v) is 23.3. The Morgan fingerprint density at radius 2 is 1.74 bits per heavy atom. The average molecular weight is 560 g/mol. The minimum Gasteiger partial charge on any atom is -0.497 e. The topological polar surface area (TPSA) is 106 Å². The van der Waals surface area contributed by atoms with Crippen molar-refractivity contribution in [3.8, 4) is 17.0 Å². The van der Waals surface area contributed by atoms with Gasteiger partial charge in [-0.05, 0) is 37.6 Å². The number of sulfone groups is 1. The first-order chi connectivity index (χ1) is 18.9. The van der Waals surface area contributed by atoms with Gasteiger partial charge in [-0.15, -0.1) is 0 Å². The van der Waals surface area contributed by atoms with Gasteiger partial charge in [0.05, 0.1) is 55.9 Å². The van der Waals surface area contributed by atoms with Gasteiger partial charge in [0.15, 0.2) is 15.5 Å². The van der Waals surface area contributed by atoms with Crippen molar-refractivity contribution in [1.82, 2.24) is 24.5 Å². The highest BCUT2D eigenvalue weighted by atomic mass is 32.2. The predicted molar refractivity (Wildman–Crippen MR) is 144 cm³/mol. The SMILES string of the molecule is COc1ccc2c(c1)S(=O)(=O)Cc1c(C(=O)N3CCOCC3)nn(C3CCCN(CCN4CCOCC4)C3)c1-2. The molecule has 3 fully saturated rings. The van der Waals surface area contributed by atoms with Gasteiger partial charge >= 0.3 is 0 Å². The molecule has 4 aliphatic heterocycles. The van der Waals surface area contributed by atoms with Crippen molar-refractivity contribution in [2.75, 3.05) is 85.9 Å². The molecule has 11 nitrogen and oxygen atoms in total. The van der Waals surface area contributed by atoms with E-state index < -0.39 is 9.84 Å². The number of hydrogen-bond acceptors (Lipinski definition) is 9. The second-order valence-electron chi connectivity index (χ2n) is 10.7. The molecule has 0 radical (unpaired) electrons. The number of fused-ring (bicyclic) bond motifs is 3. The van der Waals surface area contributed by atoms with Crippen LogP contribution in [0.15, 0.2) is 23.1 Å². The molecule has 1 aromatic carbocycles. The fraction of sp³-hybridized carbons (Fsp3) is 0.630. The number of morpholine rings is 2. The summed E-state index contributed by atoms with van der Waals surface area (Å²) in [7, 11) is -2.15. The smallest absolute Gasteiger partial charge is 0.274 e. The predicted octanol–water partition coefficient (Wildman–Crippen LogP) is 1.29.